The van der Waals surface area contributed by atoms with Crippen LogP contribution in [0.5, 0.6) is 0 Å². The highest BCUT2D eigenvalue weighted by molar-refractivity contribution is 5.76. The van der Waals surface area contributed by atoms with E-state index >= 15 is 0 Å². The van der Waals surface area contributed by atoms with Crippen LogP contribution in [0, 0.1) is 5.92 Å². The summed E-state index contributed by atoms with van der Waals surface area (Å²) in [7, 11) is 0. The number of amides is 1. The zero-order valence-electron chi connectivity index (χ0n) is 12.6. The van der Waals surface area contributed by atoms with Crippen molar-refractivity contribution in [2.75, 3.05) is 39.3 Å². The first-order valence-corrected chi connectivity index (χ1v) is 8.55. The topological polar surface area (TPSA) is 35.6 Å². The number of nitrogens with zero attached hydrogens (tertiary/aromatic N) is 2. The van der Waals surface area contributed by atoms with Gasteiger partial charge in [0.2, 0.25) is 5.91 Å². The molecule has 4 nitrogen and oxygen atoms in total. The molecule has 1 aliphatic carbocycles. The Kier molecular flexibility index (Phi) is 4.94. The Labute approximate surface area is 122 Å². The second-order valence-corrected chi connectivity index (χ2v) is 6.75. The zero-order valence-corrected chi connectivity index (χ0v) is 12.6. The third kappa shape index (κ3) is 3.53. The van der Waals surface area contributed by atoms with E-state index in [1.54, 1.807) is 0 Å². The molecule has 20 heavy (non-hydrogen) atoms. The van der Waals surface area contributed by atoms with Crippen molar-refractivity contribution in [3.05, 3.63) is 0 Å². The average molecular weight is 279 g/mol. The molecule has 0 atom stereocenters. The number of nitrogens with one attached hydrogen (secondary N) is 1. The summed E-state index contributed by atoms with van der Waals surface area (Å²) in [5.74, 6) is 1.03. The van der Waals surface area contributed by atoms with Crippen LogP contribution >= 0.6 is 0 Å². The summed E-state index contributed by atoms with van der Waals surface area (Å²) < 4.78 is 0. The third-order valence-electron chi connectivity index (χ3n) is 5.43. The van der Waals surface area contributed by atoms with Gasteiger partial charge in [-0.1, -0.05) is 12.8 Å². The highest BCUT2D eigenvalue weighted by atomic mass is 16.2. The molecule has 1 amide bonds. The van der Waals surface area contributed by atoms with E-state index in [0.29, 0.717) is 11.8 Å². The molecule has 2 saturated heterocycles. The largest absolute Gasteiger partial charge is 0.340 e. The Balaban J connectivity index is 1.41. The molecule has 114 valence electrons. The van der Waals surface area contributed by atoms with Gasteiger partial charge in [-0.25, -0.2) is 0 Å². The van der Waals surface area contributed by atoms with Crippen molar-refractivity contribution in [1.29, 1.82) is 0 Å². The van der Waals surface area contributed by atoms with Gasteiger partial charge in [0.05, 0.1) is 0 Å². The molecule has 0 bridgehead atoms. The summed E-state index contributed by atoms with van der Waals surface area (Å²) >= 11 is 0. The normalized spacial score (nSPS) is 27.1. The Morgan fingerprint density at radius 1 is 0.950 bits per heavy atom. The van der Waals surface area contributed by atoms with Crippen LogP contribution in [-0.4, -0.2) is 61.0 Å². The highest BCUT2D eigenvalue weighted by Crippen LogP contribution is 2.25. The molecule has 3 aliphatic rings. The molecule has 1 N–H and O–H groups in total. The van der Waals surface area contributed by atoms with Crippen LogP contribution in [0.4, 0.5) is 0 Å². The molecule has 0 unspecified atom stereocenters. The van der Waals surface area contributed by atoms with Gasteiger partial charge in [0.1, 0.15) is 0 Å². The van der Waals surface area contributed by atoms with Gasteiger partial charge in [0.15, 0.2) is 0 Å². The number of carbonyl (C=O) groups excluding carboxylic acids is 1. The van der Waals surface area contributed by atoms with Crippen LogP contribution in [-0.2, 0) is 4.79 Å². The Hall–Kier alpha value is -0.610. The fourth-order valence-corrected chi connectivity index (χ4v) is 4.07. The maximum Gasteiger partial charge on any atom is 0.222 e. The number of hydrogen-bond acceptors (Lipinski definition) is 3. The summed E-state index contributed by atoms with van der Waals surface area (Å²) in [6.45, 7) is 6.30. The minimum atomic E-state index is 0.406. The lowest BCUT2D eigenvalue weighted by molar-refractivity contribution is -0.134. The number of rotatable bonds is 3. The van der Waals surface area contributed by atoms with Crippen molar-refractivity contribution >= 4 is 5.91 Å². The second kappa shape index (κ2) is 6.90. The van der Waals surface area contributed by atoms with Gasteiger partial charge in [-0.2, -0.15) is 0 Å². The summed E-state index contributed by atoms with van der Waals surface area (Å²) in [5.41, 5.74) is 0. The monoisotopic (exact) mass is 279 g/mol. The third-order valence-corrected chi connectivity index (χ3v) is 5.43. The zero-order chi connectivity index (χ0) is 13.8. The number of piperazine rings is 1. The van der Waals surface area contributed by atoms with Gasteiger partial charge in [-0.15, -0.1) is 0 Å². The van der Waals surface area contributed by atoms with Crippen molar-refractivity contribution in [2.45, 2.75) is 51.0 Å². The van der Waals surface area contributed by atoms with E-state index in [-0.39, 0.29) is 0 Å². The highest BCUT2D eigenvalue weighted by Gasteiger charge is 2.28. The van der Waals surface area contributed by atoms with Gasteiger partial charge in [-0.3, -0.25) is 9.69 Å². The molecule has 0 radical (unpaired) electrons. The maximum atomic E-state index is 12.4. The fourth-order valence-electron chi connectivity index (χ4n) is 4.07. The molecule has 2 heterocycles. The molecule has 0 aromatic heterocycles. The smallest absolute Gasteiger partial charge is 0.222 e. The van der Waals surface area contributed by atoms with Crippen LogP contribution < -0.4 is 5.32 Å². The van der Waals surface area contributed by atoms with E-state index in [9.17, 15) is 4.79 Å². The Morgan fingerprint density at radius 2 is 1.60 bits per heavy atom. The average Bonchev–Trinajstić information content (AvgIpc) is 3.03. The number of hydrogen-bond donors (Lipinski definition) is 1. The molecule has 1 saturated carbocycles. The number of carbonyl (C=O) groups is 1. The Bertz CT molecular complexity index is 314. The molecular formula is C16H29N3O. The van der Waals surface area contributed by atoms with Crippen molar-refractivity contribution < 1.29 is 4.79 Å². The van der Waals surface area contributed by atoms with Crippen LogP contribution in [0.3, 0.4) is 0 Å². The first-order valence-electron chi connectivity index (χ1n) is 8.55. The summed E-state index contributed by atoms with van der Waals surface area (Å²) in [4.78, 5) is 17.1. The summed E-state index contributed by atoms with van der Waals surface area (Å²) in [6, 6.07) is 0.816. The lowest BCUT2D eigenvalue weighted by atomic mass is 9.94. The quantitative estimate of drug-likeness (QED) is 0.849. The number of piperidine rings is 1. The molecule has 4 heteroatoms. The summed E-state index contributed by atoms with van der Waals surface area (Å²) in [5, 5.41) is 3.37. The van der Waals surface area contributed by atoms with Gasteiger partial charge in [0, 0.05) is 38.6 Å². The van der Waals surface area contributed by atoms with E-state index in [1.807, 2.05) is 0 Å². The van der Waals surface area contributed by atoms with Crippen LogP contribution in [0.1, 0.15) is 44.9 Å². The van der Waals surface area contributed by atoms with Gasteiger partial charge < -0.3 is 10.2 Å². The lowest BCUT2D eigenvalue weighted by Gasteiger charge is -2.38. The van der Waals surface area contributed by atoms with E-state index < -0.39 is 0 Å². The molecule has 0 aromatic carbocycles. The van der Waals surface area contributed by atoms with Crippen LogP contribution in [0.15, 0.2) is 0 Å². The standard InChI is InChI=1S/C16H29N3O/c20-16(13-14-5-7-17-8-6-14)19-11-9-18(10-12-19)15-3-1-2-4-15/h14-15,17H,1-13H2. The first-order chi connectivity index (χ1) is 9.83. The predicted octanol–water partition coefficient (Wildman–Crippen LogP) is 1.46. The predicted molar refractivity (Wildman–Crippen MR) is 80.6 cm³/mol. The van der Waals surface area contributed by atoms with Crippen molar-refractivity contribution in [3.8, 4) is 0 Å². The van der Waals surface area contributed by atoms with Crippen molar-refractivity contribution in [3.63, 3.8) is 0 Å². The van der Waals surface area contributed by atoms with Crippen LogP contribution in [0.2, 0.25) is 0 Å². The fraction of sp³-hybridized carbons (Fsp3) is 0.938. The molecule has 0 aromatic rings. The minimum Gasteiger partial charge on any atom is -0.340 e. The van der Waals surface area contributed by atoms with Gasteiger partial charge >= 0.3 is 0 Å². The molecular weight excluding hydrogens is 250 g/mol. The van der Waals surface area contributed by atoms with E-state index in [4.69, 9.17) is 0 Å². The molecule has 0 spiro atoms. The van der Waals surface area contributed by atoms with Crippen molar-refractivity contribution in [2.24, 2.45) is 5.92 Å². The van der Waals surface area contributed by atoms with E-state index in [0.717, 1.165) is 51.7 Å². The minimum absolute atomic E-state index is 0.406. The molecule has 2 aliphatic heterocycles. The SMILES string of the molecule is O=C(CC1CCNCC1)N1CCN(C2CCCC2)CC1. The van der Waals surface area contributed by atoms with Crippen molar-refractivity contribution in [1.82, 2.24) is 15.1 Å². The Morgan fingerprint density at radius 3 is 2.25 bits per heavy atom. The van der Waals surface area contributed by atoms with E-state index in [1.165, 1.54) is 38.5 Å². The van der Waals surface area contributed by atoms with Gasteiger partial charge in [0.25, 0.3) is 0 Å². The van der Waals surface area contributed by atoms with E-state index in [2.05, 4.69) is 15.1 Å². The maximum absolute atomic E-state index is 12.4. The van der Waals surface area contributed by atoms with Crippen LogP contribution in [0.25, 0.3) is 0 Å². The molecule has 3 rings (SSSR count). The molecule has 3 fully saturated rings. The van der Waals surface area contributed by atoms with Gasteiger partial charge in [-0.05, 0) is 44.7 Å². The first kappa shape index (κ1) is 14.3. The lowest BCUT2D eigenvalue weighted by Crippen LogP contribution is -2.51. The summed E-state index contributed by atoms with van der Waals surface area (Å²) in [6.07, 6.45) is 8.69. The second-order valence-electron chi connectivity index (χ2n) is 6.75.